The number of nitrogens with one attached hydrogen (secondary N) is 1. The Morgan fingerprint density at radius 1 is 1.22 bits per heavy atom. The molecule has 1 aromatic rings. The predicted molar refractivity (Wildman–Crippen MR) is 70.7 cm³/mol. The van der Waals surface area contributed by atoms with Crippen molar-refractivity contribution in [2.75, 3.05) is 12.4 Å². The maximum Gasteiger partial charge on any atom is 0.150 e. The molecule has 0 amide bonds. The summed E-state index contributed by atoms with van der Waals surface area (Å²) in [7, 11) is 1.72. The third kappa shape index (κ3) is 3.20. The molecule has 100 valence electrons. The van der Waals surface area contributed by atoms with Crippen LogP contribution in [0.5, 0.6) is 0 Å². The Morgan fingerprint density at radius 3 is 2.44 bits per heavy atom. The summed E-state index contributed by atoms with van der Waals surface area (Å²) in [6.07, 6.45) is 4.11. The molecule has 1 N–H and O–H groups in total. The van der Waals surface area contributed by atoms with E-state index < -0.39 is 11.6 Å². The molecule has 0 atom stereocenters. The highest BCUT2D eigenvalue weighted by Crippen LogP contribution is 2.30. The van der Waals surface area contributed by atoms with Crippen LogP contribution >= 0.6 is 15.9 Å². The van der Waals surface area contributed by atoms with Gasteiger partial charge in [0.15, 0.2) is 0 Å². The average molecular weight is 320 g/mol. The molecule has 1 saturated carbocycles. The van der Waals surface area contributed by atoms with Crippen LogP contribution in [0.15, 0.2) is 16.6 Å². The van der Waals surface area contributed by atoms with Crippen LogP contribution < -0.4 is 5.32 Å². The Kier molecular flexibility index (Phi) is 4.56. The first-order valence-electron chi connectivity index (χ1n) is 6.04. The molecule has 0 heterocycles. The molecule has 0 saturated heterocycles. The van der Waals surface area contributed by atoms with Gasteiger partial charge in [-0.25, -0.2) is 8.78 Å². The third-order valence-electron chi connectivity index (χ3n) is 3.36. The van der Waals surface area contributed by atoms with E-state index in [1.165, 1.54) is 6.07 Å². The minimum Gasteiger partial charge on any atom is -0.381 e. The quantitative estimate of drug-likeness (QED) is 0.905. The molecule has 2 nitrogen and oxygen atoms in total. The van der Waals surface area contributed by atoms with E-state index in [4.69, 9.17) is 4.74 Å². The molecule has 0 spiro atoms. The van der Waals surface area contributed by atoms with E-state index in [1.807, 2.05) is 0 Å². The second kappa shape index (κ2) is 5.97. The third-order valence-corrected chi connectivity index (χ3v) is 3.99. The van der Waals surface area contributed by atoms with Crippen LogP contribution in [-0.4, -0.2) is 19.3 Å². The fraction of sp³-hybridized carbons (Fsp3) is 0.538. The van der Waals surface area contributed by atoms with Crippen LogP contribution in [0.25, 0.3) is 0 Å². The van der Waals surface area contributed by atoms with E-state index >= 15 is 0 Å². The smallest absolute Gasteiger partial charge is 0.150 e. The van der Waals surface area contributed by atoms with E-state index in [1.54, 1.807) is 7.11 Å². The minimum absolute atomic E-state index is 0.215. The van der Waals surface area contributed by atoms with Crippen LogP contribution in [0.3, 0.4) is 0 Å². The summed E-state index contributed by atoms with van der Waals surface area (Å²) in [5, 5.41) is 3.15. The monoisotopic (exact) mass is 319 g/mol. The lowest BCUT2D eigenvalue weighted by atomic mass is 9.93. The van der Waals surface area contributed by atoms with Gasteiger partial charge >= 0.3 is 0 Å². The Balaban J connectivity index is 2.02. The molecule has 0 aromatic heterocycles. The van der Waals surface area contributed by atoms with E-state index in [0.717, 1.165) is 31.7 Å². The van der Waals surface area contributed by atoms with E-state index in [-0.39, 0.29) is 6.04 Å². The van der Waals surface area contributed by atoms with E-state index in [9.17, 15) is 8.78 Å². The molecule has 0 bridgehead atoms. The number of ether oxygens (including phenoxy) is 1. The van der Waals surface area contributed by atoms with Crippen LogP contribution in [0, 0.1) is 11.6 Å². The molecule has 0 aliphatic heterocycles. The number of methoxy groups -OCH3 is 1. The number of benzene rings is 1. The van der Waals surface area contributed by atoms with Crippen LogP contribution in [0.2, 0.25) is 0 Å². The molecule has 1 fully saturated rings. The first kappa shape index (κ1) is 13.7. The lowest BCUT2D eigenvalue weighted by Crippen LogP contribution is -2.29. The highest BCUT2D eigenvalue weighted by molar-refractivity contribution is 9.10. The Hall–Kier alpha value is -0.680. The number of halogens is 3. The minimum atomic E-state index is -0.576. The molecule has 1 aliphatic rings. The summed E-state index contributed by atoms with van der Waals surface area (Å²) in [5.74, 6) is -1.14. The molecule has 5 heteroatoms. The molecular weight excluding hydrogens is 304 g/mol. The second-order valence-electron chi connectivity index (χ2n) is 4.60. The van der Waals surface area contributed by atoms with E-state index in [2.05, 4.69) is 21.2 Å². The first-order chi connectivity index (χ1) is 8.60. The fourth-order valence-corrected chi connectivity index (χ4v) is 2.85. The fourth-order valence-electron chi connectivity index (χ4n) is 2.33. The lowest BCUT2D eigenvalue weighted by Gasteiger charge is -2.29. The average Bonchev–Trinajstić information content (AvgIpc) is 2.34. The largest absolute Gasteiger partial charge is 0.381 e. The van der Waals surface area contributed by atoms with Gasteiger partial charge in [-0.3, -0.25) is 0 Å². The Labute approximate surface area is 114 Å². The molecule has 1 aliphatic carbocycles. The first-order valence-corrected chi connectivity index (χ1v) is 6.83. The maximum atomic E-state index is 13.7. The van der Waals surface area contributed by atoms with Gasteiger partial charge in [-0.05, 0) is 47.7 Å². The summed E-state index contributed by atoms with van der Waals surface area (Å²) < 4.78 is 32.3. The number of anilines is 1. The van der Waals surface area contributed by atoms with Crippen molar-refractivity contribution in [1.82, 2.24) is 0 Å². The zero-order valence-corrected chi connectivity index (χ0v) is 11.8. The van der Waals surface area contributed by atoms with Crippen molar-refractivity contribution in [1.29, 1.82) is 0 Å². The van der Waals surface area contributed by atoms with Crippen molar-refractivity contribution >= 4 is 21.6 Å². The van der Waals surface area contributed by atoms with Crippen molar-refractivity contribution in [3.63, 3.8) is 0 Å². The van der Waals surface area contributed by atoms with Gasteiger partial charge in [0.25, 0.3) is 0 Å². The van der Waals surface area contributed by atoms with Gasteiger partial charge in [-0.1, -0.05) is 0 Å². The molecular formula is C13H16BrF2NO. The van der Waals surface area contributed by atoms with Crippen LogP contribution in [-0.2, 0) is 4.74 Å². The highest BCUT2D eigenvalue weighted by Gasteiger charge is 2.22. The Morgan fingerprint density at radius 2 is 1.89 bits per heavy atom. The topological polar surface area (TPSA) is 21.3 Å². The molecule has 2 rings (SSSR count). The van der Waals surface area contributed by atoms with E-state index in [0.29, 0.717) is 16.3 Å². The van der Waals surface area contributed by atoms with Crippen molar-refractivity contribution in [3.05, 3.63) is 28.2 Å². The van der Waals surface area contributed by atoms with Crippen molar-refractivity contribution < 1.29 is 13.5 Å². The van der Waals surface area contributed by atoms with Gasteiger partial charge in [0.05, 0.1) is 11.8 Å². The number of rotatable bonds is 3. The molecule has 0 radical (unpaired) electrons. The SMILES string of the molecule is COC1CCC(Nc2c(F)cc(F)cc2Br)CC1. The molecule has 0 unspecified atom stereocenters. The number of hydrogen-bond acceptors (Lipinski definition) is 2. The van der Waals surface area contributed by atoms with Gasteiger partial charge in [0, 0.05) is 23.7 Å². The van der Waals surface area contributed by atoms with Crippen molar-refractivity contribution in [2.24, 2.45) is 0 Å². The lowest BCUT2D eigenvalue weighted by molar-refractivity contribution is 0.0681. The standard InChI is InChI=1S/C13H16BrF2NO/c1-18-10-4-2-9(3-5-10)17-13-11(14)6-8(15)7-12(13)16/h6-7,9-10,17H,2-5H2,1H3. The Bertz CT molecular complexity index is 396. The second-order valence-corrected chi connectivity index (χ2v) is 5.45. The van der Waals surface area contributed by atoms with Gasteiger partial charge in [0.1, 0.15) is 11.6 Å². The summed E-state index contributed by atoms with van der Waals surface area (Å²) >= 11 is 3.18. The van der Waals surface area contributed by atoms with Gasteiger partial charge in [-0.15, -0.1) is 0 Å². The maximum absolute atomic E-state index is 13.7. The van der Waals surface area contributed by atoms with Crippen LogP contribution in [0.4, 0.5) is 14.5 Å². The summed E-state index contributed by atoms with van der Waals surface area (Å²) in [6.45, 7) is 0. The summed E-state index contributed by atoms with van der Waals surface area (Å²) in [5.41, 5.74) is 0.345. The van der Waals surface area contributed by atoms with Gasteiger partial charge < -0.3 is 10.1 Å². The van der Waals surface area contributed by atoms with Crippen LogP contribution in [0.1, 0.15) is 25.7 Å². The normalized spacial score (nSPS) is 24.0. The number of hydrogen-bond donors (Lipinski definition) is 1. The highest BCUT2D eigenvalue weighted by atomic mass is 79.9. The summed E-state index contributed by atoms with van der Waals surface area (Å²) in [6, 6.07) is 2.38. The summed E-state index contributed by atoms with van der Waals surface area (Å²) in [4.78, 5) is 0. The molecule has 1 aromatic carbocycles. The van der Waals surface area contributed by atoms with Crippen molar-refractivity contribution in [3.8, 4) is 0 Å². The zero-order chi connectivity index (χ0) is 13.1. The van der Waals surface area contributed by atoms with Gasteiger partial charge in [-0.2, -0.15) is 0 Å². The zero-order valence-electron chi connectivity index (χ0n) is 10.2. The molecule has 18 heavy (non-hydrogen) atoms. The van der Waals surface area contributed by atoms with Crippen molar-refractivity contribution in [2.45, 2.75) is 37.8 Å². The predicted octanol–water partition coefficient (Wildman–Crippen LogP) is 4.10. The van der Waals surface area contributed by atoms with Gasteiger partial charge in [0.2, 0.25) is 0 Å².